The fourth-order valence-corrected chi connectivity index (χ4v) is 11.3. The first-order chi connectivity index (χ1) is 29.0. The van der Waals surface area contributed by atoms with Crippen LogP contribution in [0.4, 0.5) is 0 Å². The van der Waals surface area contributed by atoms with Crippen LogP contribution < -0.4 is 0 Å². The highest BCUT2D eigenvalue weighted by Crippen LogP contribution is 2.57. The quantitative estimate of drug-likeness (QED) is 0.179. The SMILES string of the molecule is CC1(C)OC2OC3Cn4nnc(-c5cc(CC6(C)OC7OC8Cn9nnc(-c%10ccc(-c%11nnn%12c%11C%11(O)C(C%12)OC%12OC(C)(C)OC%12%11)o%10)c9C8(O)C7O6)c[nH]5)c4C3(O)C2O1. The van der Waals surface area contributed by atoms with E-state index in [-0.39, 0.29) is 25.2 Å². The second-order valence-electron chi connectivity index (χ2n) is 18.5. The van der Waals surface area contributed by atoms with Crippen molar-refractivity contribution in [2.75, 3.05) is 0 Å². The molecule has 14 rings (SSSR count). The molecule has 6 fully saturated rings. The van der Waals surface area contributed by atoms with Crippen LogP contribution in [0.1, 0.15) is 57.3 Å². The molecular weight excluding hydrogens is 804 g/mol. The van der Waals surface area contributed by atoms with E-state index in [2.05, 4.69) is 35.9 Å². The number of ether oxygens (including phenoxy) is 9. The number of aliphatic hydroxyl groups is 3. The summed E-state index contributed by atoms with van der Waals surface area (Å²) < 4.78 is 66.8. The van der Waals surface area contributed by atoms with Gasteiger partial charge in [0.05, 0.1) is 25.3 Å². The molecule has 0 saturated carbocycles. The molecule has 0 amide bonds. The summed E-state index contributed by atoms with van der Waals surface area (Å²) in [6.07, 6.45) is -4.83. The Balaban J connectivity index is 0.729. The van der Waals surface area contributed by atoms with Crippen molar-refractivity contribution in [3.05, 3.63) is 47.0 Å². The molecule has 9 aliphatic rings. The molecule has 4 N–H and O–H groups in total. The van der Waals surface area contributed by atoms with Crippen molar-refractivity contribution >= 4 is 0 Å². The lowest BCUT2D eigenvalue weighted by molar-refractivity contribution is -0.236. The smallest absolute Gasteiger partial charge is 0.191 e. The molecule has 6 saturated heterocycles. The zero-order chi connectivity index (χ0) is 41.4. The van der Waals surface area contributed by atoms with Gasteiger partial charge in [-0.3, -0.25) is 0 Å². The average molecular weight is 845 g/mol. The van der Waals surface area contributed by atoms with E-state index in [9.17, 15) is 15.3 Å². The lowest BCUT2D eigenvalue weighted by atomic mass is 9.89. The fourth-order valence-electron chi connectivity index (χ4n) is 11.3. The monoisotopic (exact) mass is 844 g/mol. The fraction of sp³-hybridized carbons (Fsp3) is 0.632. The summed E-state index contributed by atoms with van der Waals surface area (Å²) in [5.74, 6) is -2.49. The molecule has 61 heavy (non-hydrogen) atoms. The summed E-state index contributed by atoms with van der Waals surface area (Å²) >= 11 is 0. The summed E-state index contributed by atoms with van der Waals surface area (Å²) in [5, 5.41) is 63.1. The van der Waals surface area contributed by atoms with Crippen LogP contribution in [0.2, 0.25) is 0 Å². The molecule has 9 aliphatic heterocycles. The van der Waals surface area contributed by atoms with E-state index < -0.39 is 89.7 Å². The standard InChI is InChI=1S/C38H40N10O13/c1-33(2)56-27-30(59-33)53-18-11-46-24(36(18,27)49)21(40-43-46)15-8-14(10-39-15)9-35(5)58-29-32(61-35)55-20-13-48-26(38(20,29)51)23(42-45-48)17-7-6-16(52-17)22-25-37(50)19(12-47(25)44-41-22)54-31-28(37)57-34(3,4)60-31/h6-8,10,18-20,27-32,39,49-51H,9,11-13H2,1-5H3. The third-order valence-corrected chi connectivity index (χ3v) is 13.7. The number of aromatic amines is 1. The minimum absolute atomic E-state index is 0.204. The summed E-state index contributed by atoms with van der Waals surface area (Å²) in [5.41, 5.74) is -1.11. The van der Waals surface area contributed by atoms with Crippen molar-refractivity contribution in [3.63, 3.8) is 0 Å². The van der Waals surface area contributed by atoms with Crippen LogP contribution in [-0.4, -0.2) is 138 Å². The molecule has 0 aromatic carbocycles. The van der Waals surface area contributed by atoms with Crippen molar-refractivity contribution in [3.8, 4) is 34.3 Å². The van der Waals surface area contributed by atoms with E-state index in [0.29, 0.717) is 52.2 Å². The van der Waals surface area contributed by atoms with Crippen LogP contribution in [0, 0.1) is 0 Å². The second kappa shape index (κ2) is 11.0. The van der Waals surface area contributed by atoms with Crippen molar-refractivity contribution in [2.45, 2.75) is 150 Å². The zero-order valence-corrected chi connectivity index (χ0v) is 33.3. The van der Waals surface area contributed by atoms with Gasteiger partial charge in [-0.1, -0.05) is 15.6 Å². The first-order valence-corrected chi connectivity index (χ1v) is 20.4. The number of fused-ring (bicyclic) bond motifs is 15. The van der Waals surface area contributed by atoms with Gasteiger partial charge >= 0.3 is 0 Å². The summed E-state index contributed by atoms with van der Waals surface area (Å²) in [6, 6.07) is 5.30. The van der Waals surface area contributed by atoms with Crippen LogP contribution in [0.15, 0.2) is 28.8 Å². The van der Waals surface area contributed by atoms with E-state index in [4.69, 9.17) is 47.0 Å². The van der Waals surface area contributed by atoms with Crippen LogP contribution in [0.25, 0.3) is 34.3 Å². The average Bonchev–Trinajstić information content (AvgIpc) is 4.00. The maximum atomic E-state index is 12.6. The highest BCUT2D eigenvalue weighted by atomic mass is 16.9. The van der Waals surface area contributed by atoms with E-state index in [1.807, 2.05) is 12.3 Å². The molecule has 13 unspecified atom stereocenters. The Hall–Kier alpha value is -4.50. The minimum Gasteiger partial charge on any atom is -0.453 e. The number of rotatable bonds is 5. The minimum atomic E-state index is -1.71. The van der Waals surface area contributed by atoms with Gasteiger partial charge in [0.15, 0.2) is 75.9 Å². The number of hydrogen-bond donors (Lipinski definition) is 4. The Morgan fingerprint density at radius 1 is 0.607 bits per heavy atom. The Morgan fingerprint density at radius 2 is 1.05 bits per heavy atom. The van der Waals surface area contributed by atoms with Gasteiger partial charge in [-0.2, -0.15) is 0 Å². The highest BCUT2D eigenvalue weighted by molar-refractivity contribution is 5.66. The molecule has 14 heterocycles. The lowest BCUT2D eigenvalue weighted by Crippen LogP contribution is -2.44. The molecule has 23 heteroatoms. The maximum Gasteiger partial charge on any atom is 0.191 e. The highest BCUT2D eigenvalue weighted by Gasteiger charge is 2.71. The number of hydrogen-bond acceptors (Lipinski definition) is 19. The summed E-state index contributed by atoms with van der Waals surface area (Å²) in [6.45, 7) is 9.64. The molecule has 0 bridgehead atoms. The van der Waals surface area contributed by atoms with Crippen LogP contribution in [0.5, 0.6) is 0 Å². The predicted molar refractivity (Wildman–Crippen MR) is 192 cm³/mol. The zero-order valence-electron chi connectivity index (χ0n) is 33.3. The van der Waals surface area contributed by atoms with Crippen LogP contribution >= 0.6 is 0 Å². The Morgan fingerprint density at radius 3 is 1.56 bits per heavy atom. The molecule has 0 spiro atoms. The van der Waals surface area contributed by atoms with Crippen molar-refractivity contribution in [2.24, 2.45) is 0 Å². The normalized spacial score (nSPS) is 42.4. The largest absolute Gasteiger partial charge is 0.453 e. The Bertz CT molecular complexity index is 2710. The predicted octanol–water partition coefficient (Wildman–Crippen LogP) is -0.161. The molecule has 5 aromatic heterocycles. The Labute approximate surface area is 343 Å². The van der Waals surface area contributed by atoms with Gasteiger partial charge in [-0.05, 0) is 58.4 Å². The second-order valence-corrected chi connectivity index (χ2v) is 18.5. The molecular formula is C38H40N10O13. The Kier molecular flexibility index (Phi) is 6.49. The van der Waals surface area contributed by atoms with Crippen LogP contribution in [-0.2, 0) is 85.5 Å². The number of H-pyrrole nitrogens is 1. The van der Waals surface area contributed by atoms with Gasteiger partial charge in [0.1, 0.15) is 59.4 Å². The number of nitrogens with zero attached hydrogens (tertiary/aromatic N) is 9. The first-order valence-electron chi connectivity index (χ1n) is 20.4. The van der Waals surface area contributed by atoms with E-state index in [1.54, 1.807) is 60.8 Å². The molecule has 5 aromatic rings. The van der Waals surface area contributed by atoms with E-state index in [1.165, 1.54) is 0 Å². The van der Waals surface area contributed by atoms with E-state index in [0.717, 1.165) is 5.56 Å². The van der Waals surface area contributed by atoms with Crippen molar-refractivity contribution < 1.29 is 62.4 Å². The van der Waals surface area contributed by atoms with E-state index >= 15 is 0 Å². The molecule has 13 atom stereocenters. The third-order valence-electron chi connectivity index (χ3n) is 13.7. The lowest BCUT2D eigenvalue weighted by Gasteiger charge is -2.30. The number of furan rings is 1. The van der Waals surface area contributed by atoms with Crippen molar-refractivity contribution in [1.29, 1.82) is 0 Å². The van der Waals surface area contributed by atoms with Crippen molar-refractivity contribution in [1.82, 2.24) is 50.0 Å². The maximum absolute atomic E-state index is 12.6. The molecule has 23 nitrogen and oxygen atoms in total. The third kappa shape index (κ3) is 4.42. The van der Waals surface area contributed by atoms with Gasteiger partial charge in [0, 0.05) is 12.6 Å². The van der Waals surface area contributed by atoms with Gasteiger partial charge < -0.3 is 67.4 Å². The number of aromatic nitrogens is 10. The van der Waals surface area contributed by atoms with Crippen LogP contribution in [0.3, 0.4) is 0 Å². The molecule has 0 aliphatic carbocycles. The van der Waals surface area contributed by atoms with Gasteiger partial charge in [0.25, 0.3) is 0 Å². The van der Waals surface area contributed by atoms with Gasteiger partial charge in [-0.15, -0.1) is 15.3 Å². The summed E-state index contributed by atoms with van der Waals surface area (Å²) in [7, 11) is 0. The van der Waals surface area contributed by atoms with Gasteiger partial charge in [0.2, 0.25) is 0 Å². The first kappa shape index (κ1) is 36.0. The van der Waals surface area contributed by atoms with Gasteiger partial charge in [-0.25, -0.2) is 14.0 Å². The molecule has 320 valence electrons. The summed E-state index contributed by atoms with van der Waals surface area (Å²) in [4.78, 5) is 3.28. The molecule has 0 radical (unpaired) electrons. The number of nitrogens with one attached hydrogen (secondary N) is 1. The topological polar surface area (TPSA) is 265 Å².